The Morgan fingerprint density at radius 2 is 2.13 bits per heavy atom. The predicted molar refractivity (Wildman–Crippen MR) is 64.2 cm³/mol. The van der Waals surface area contributed by atoms with Gasteiger partial charge < -0.3 is 0 Å². The average Bonchev–Trinajstić information content (AvgIpc) is 2.44. The number of hydrogen-bond donors (Lipinski definition) is 0. The zero-order chi connectivity index (χ0) is 10.5. The van der Waals surface area contributed by atoms with Crippen LogP contribution in [-0.2, 0) is 6.42 Å². The van der Waals surface area contributed by atoms with Crippen molar-refractivity contribution in [3.8, 4) is 0 Å². The molecular weight excluding hydrogens is 206 g/mol. The van der Waals surface area contributed by atoms with Crippen LogP contribution >= 0.6 is 11.6 Å². The van der Waals surface area contributed by atoms with E-state index in [0.717, 1.165) is 18.8 Å². The maximum absolute atomic E-state index is 6.26. The van der Waals surface area contributed by atoms with E-state index in [1.807, 2.05) is 12.3 Å². The first kappa shape index (κ1) is 10.9. The Morgan fingerprint density at radius 3 is 2.93 bits per heavy atom. The fraction of sp³-hybridized carbons (Fsp3) is 0.615. The topological polar surface area (TPSA) is 12.9 Å². The smallest absolute Gasteiger partial charge is 0.0406 e. The third-order valence-corrected chi connectivity index (χ3v) is 3.59. The summed E-state index contributed by atoms with van der Waals surface area (Å²) in [5, 5.41) is 0.390. The number of nitrogens with zero attached hydrogens (tertiary/aromatic N) is 1. The van der Waals surface area contributed by atoms with Gasteiger partial charge in [0, 0.05) is 17.3 Å². The standard InChI is InChI=1S/C13H18ClN/c14-12-6-2-1-5-11(9-12)10-13-7-3-4-8-15-13/h3-4,7-8,11-12H,1-2,5-6,9-10H2. The van der Waals surface area contributed by atoms with Crippen LogP contribution in [0.5, 0.6) is 0 Å². The molecule has 1 aliphatic rings. The molecular formula is C13H18ClN. The van der Waals surface area contributed by atoms with Crippen molar-refractivity contribution in [1.29, 1.82) is 0 Å². The van der Waals surface area contributed by atoms with Crippen LogP contribution in [0.15, 0.2) is 24.4 Å². The van der Waals surface area contributed by atoms with Crippen molar-refractivity contribution in [3.05, 3.63) is 30.1 Å². The molecule has 2 atom stereocenters. The summed E-state index contributed by atoms with van der Waals surface area (Å²) < 4.78 is 0. The molecule has 15 heavy (non-hydrogen) atoms. The molecule has 1 heterocycles. The molecule has 1 saturated carbocycles. The van der Waals surface area contributed by atoms with Gasteiger partial charge in [-0.2, -0.15) is 0 Å². The van der Waals surface area contributed by atoms with Gasteiger partial charge in [-0.1, -0.05) is 25.3 Å². The number of hydrogen-bond acceptors (Lipinski definition) is 1. The quantitative estimate of drug-likeness (QED) is 0.549. The van der Waals surface area contributed by atoms with Crippen LogP contribution in [0.3, 0.4) is 0 Å². The minimum Gasteiger partial charge on any atom is -0.261 e. The molecule has 0 spiro atoms. The Morgan fingerprint density at radius 1 is 1.27 bits per heavy atom. The van der Waals surface area contributed by atoms with Gasteiger partial charge in [0.05, 0.1) is 0 Å². The van der Waals surface area contributed by atoms with Crippen LogP contribution in [0.2, 0.25) is 0 Å². The Labute approximate surface area is 96.9 Å². The van der Waals surface area contributed by atoms with Gasteiger partial charge in [0.1, 0.15) is 0 Å². The van der Waals surface area contributed by atoms with E-state index in [1.165, 1.54) is 31.4 Å². The molecule has 0 amide bonds. The molecule has 0 aromatic carbocycles. The molecule has 0 bridgehead atoms. The Hall–Kier alpha value is -0.560. The van der Waals surface area contributed by atoms with E-state index >= 15 is 0 Å². The summed E-state index contributed by atoms with van der Waals surface area (Å²) in [6.45, 7) is 0. The summed E-state index contributed by atoms with van der Waals surface area (Å²) in [7, 11) is 0. The van der Waals surface area contributed by atoms with Crippen LogP contribution in [-0.4, -0.2) is 10.4 Å². The van der Waals surface area contributed by atoms with Crippen LogP contribution in [0.4, 0.5) is 0 Å². The number of aromatic nitrogens is 1. The van der Waals surface area contributed by atoms with E-state index in [1.54, 1.807) is 0 Å². The third kappa shape index (κ3) is 3.49. The predicted octanol–water partition coefficient (Wildman–Crippen LogP) is 3.81. The molecule has 2 heteroatoms. The first-order valence-corrected chi connectivity index (χ1v) is 6.32. The summed E-state index contributed by atoms with van der Waals surface area (Å²) in [5.74, 6) is 0.741. The zero-order valence-electron chi connectivity index (χ0n) is 9.03. The summed E-state index contributed by atoms with van der Waals surface area (Å²) in [6.07, 6.45) is 9.29. The summed E-state index contributed by atoms with van der Waals surface area (Å²) in [4.78, 5) is 4.39. The maximum Gasteiger partial charge on any atom is 0.0406 e. The molecule has 0 saturated heterocycles. The summed E-state index contributed by atoms with van der Waals surface area (Å²) in [5.41, 5.74) is 1.22. The minimum atomic E-state index is 0.390. The first-order chi connectivity index (χ1) is 7.34. The van der Waals surface area contributed by atoms with Gasteiger partial charge in [-0.05, 0) is 37.3 Å². The lowest BCUT2D eigenvalue weighted by atomic mass is 9.95. The van der Waals surface area contributed by atoms with Gasteiger partial charge in [0.25, 0.3) is 0 Å². The van der Waals surface area contributed by atoms with E-state index in [4.69, 9.17) is 11.6 Å². The second-order valence-electron chi connectivity index (χ2n) is 4.51. The second-order valence-corrected chi connectivity index (χ2v) is 5.13. The fourth-order valence-corrected chi connectivity index (χ4v) is 2.80. The molecule has 82 valence electrons. The average molecular weight is 224 g/mol. The van der Waals surface area contributed by atoms with Crippen molar-refractivity contribution >= 4 is 11.6 Å². The highest BCUT2D eigenvalue weighted by molar-refractivity contribution is 6.20. The monoisotopic (exact) mass is 223 g/mol. The number of alkyl halides is 1. The molecule has 0 radical (unpaired) electrons. The molecule has 1 aromatic heterocycles. The zero-order valence-corrected chi connectivity index (χ0v) is 9.79. The lowest BCUT2D eigenvalue weighted by Gasteiger charge is -2.15. The van der Waals surface area contributed by atoms with Gasteiger partial charge >= 0.3 is 0 Å². The first-order valence-electron chi connectivity index (χ1n) is 5.88. The van der Waals surface area contributed by atoms with E-state index in [-0.39, 0.29) is 0 Å². The molecule has 1 nitrogen and oxygen atoms in total. The van der Waals surface area contributed by atoms with Crippen LogP contribution in [0, 0.1) is 5.92 Å². The van der Waals surface area contributed by atoms with E-state index in [0.29, 0.717) is 5.38 Å². The lowest BCUT2D eigenvalue weighted by molar-refractivity contribution is 0.456. The molecule has 1 fully saturated rings. The normalized spacial score (nSPS) is 27.3. The van der Waals surface area contributed by atoms with Gasteiger partial charge in [-0.25, -0.2) is 0 Å². The van der Waals surface area contributed by atoms with Crippen molar-refractivity contribution in [1.82, 2.24) is 4.98 Å². The molecule has 1 aliphatic carbocycles. The summed E-state index contributed by atoms with van der Waals surface area (Å²) >= 11 is 6.26. The number of pyridine rings is 1. The number of halogens is 1. The fourth-order valence-electron chi connectivity index (χ4n) is 2.40. The Balaban J connectivity index is 1.93. The van der Waals surface area contributed by atoms with Crippen molar-refractivity contribution < 1.29 is 0 Å². The minimum absolute atomic E-state index is 0.390. The lowest BCUT2D eigenvalue weighted by Crippen LogP contribution is -2.09. The van der Waals surface area contributed by atoms with Crippen molar-refractivity contribution in [2.75, 3.05) is 0 Å². The molecule has 0 N–H and O–H groups in total. The molecule has 1 aromatic rings. The van der Waals surface area contributed by atoms with Crippen molar-refractivity contribution in [3.63, 3.8) is 0 Å². The van der Waals surface area contributed by atoms with Gasteiger partial charge in [0.15, 0.2) is 0 Å². The van der Waals surface area contributed by atoms with Gasteiger partial charge in [0.2, 0.25) is 0 Å². The largest absolute Gasteiger partial charge is 0.261 e. The molecule has 0 aliphatic heterocycles. The van der Waals surface area contributed by atoms with E-state index in [9.17, 15) is 0 Å². The van der Waals surface area contributed by atoms with E-state index < -0.39 is 0 Å². The summed E-state index contributed by atoms with van der Waals surface area (Å²) in [6, 6.07) is 6.16. The van der Waals surface area contributed by atoms with Crippen molar-refractivity contribution in [2.45, 2.75) is 43.9 Å². The second kappa shape index (κ2) is 5.50. The third-order valence-electron chi connectivity index (χ3n) is 3.19. The number of rotatable bonds is 2. The maximum atomic E-state index is 6.26. The van der Waals surface area contributed by atoms with Gasteiger partial charge in [-0.3, -0.25) is 4.98 Å². The highest BCUT2D eigenvalue weighted by Gasteiger charge is 2.18. The van der Waals surface area contributed by atoms with Crippen molar-refractivity contribution in [2.24, 2.45) is 5.92 Å². The van der Waals surface area contributed by atoms with E-state index in [2.05, 4.69) is 17.1 Å². The van der Waals surface area contributed by atoms with Crippen LogP contribution < -0.4 is 0 Å². The molecule has 2 unspecified atom stereocenters. The van der Waals surface area contributed by atoms with Gasteiger partial charge in [-0.15, -0.1) is 11.6 Å². The molecule has 2 rings (SSSR count). The highest BCUT2D eigenvalue weighted by atomic mass is 35.5. The highest BCUT2D eigenvalue weighted by Crippen LogP contribution is 2.28. The van der Waals surface area contributed by atoms with Crippen LogP contribution in [0.25, 0.3) is 0 Å². The SMILES string of the molecule is ClC1CCCCC(Cc2ccccn2)C1. The Kier molecular flexibility index (Phi) is 4.01. The van der Waals surface area contributed by atoms with Crippen LogP contribution in [0.1, 0.15) is 37.8 Å². The Bertz CT molecular complexity index is 286.